The summed E-state index contributed by atoms with van der Waals surface area (Å²) in [5, 5.41) is 11.8. The number of rotatable bonds is 4. The Bertz CT molecular complexity index is 663. The SMILES string of the molecule is C=C1c2ccccc2C(=O)N1CC(=O)N[C@@H]1CC[C@H](C(=O)O)C1. The normalized spacial score (nSPS) is 23.0. The Labute approximate surface area is 133 Å². The summed E-state index contributed by atoms with van der Waals surface area (Å²) in [5.74, 6) is -1.73. The van der Waals surface area contributed by atoms with Gasteiger partial charge < -0.3 is 10.4 Å². The molecular weight excluding hydrogens is 296 g/mol. The fourth-order valence-corrected chi connectivity index (χ4v) is 3.26. The summed E-state index contributed by atoms with van der Waals surface area (Å²) in [6.07, 6.45) is 1.66. The highest BCUT2D eigenvalue weighted by atomic mass is 16.4. The molecule has 1 aromatic carbocycles. The number of hydrogen-bond acceptors (Lipinski definition) is 3. The summed E-state index contributed by atoms with van der Waals surface area (Å²) in [6.45, 7) is 3.80. The number of carboxylic acids is 1. The van der Waals surface area contributed by atoms with Crippen molar-refractivity contribution in [2.75, 3.05) is 6.54 Å². The highest BCUT2D eigenvalue weighted by Gasteiger charge is 2.34. The standard InChI is InChI=1S/C17H18N2O4/c1-10-13-4-2-3-5-14(13)16(21)19(10)9-15(20)18-12-7-6-11(8-12)17(22)23/h2-5,11-12H,1,6-9H2,(H,18,20)(H,22,23)/t11-,12+/m0/s1. The minimum atomic E-state index is -0.819. The van der Waals surface area contributed by atoms with E-state index in [1.165, 1.54) is 4.90 Å². The van der Waals surface area contributed by atoms with Gasteiger partial charge in [0.1, 0.15) is 6.54 Å². The number of carbonyl (C=O) groups is 3. The van der Waals surface area contributed by atoms with E-state index in [4.69, 9.17) is 5.11 Å². The molecule has 1 aliphatic carbocycles. The highest BCUT2D eigenvalue weighted by Crippen LogP contribution is 2.31. The molecule has 0 aromatic heterocycles. The van der Waals surface area contributed by atoms with Crippen LogP contribution >= 0.6 is 0 Å². The van der Waals surface area contributed by atoms with Crippen LogP contribution in [0.4, 0.5) is 0 Å². The summed E-state index contributed by atoms with van der Waals surface area (Å²) >= 11 is 0. The Balaban J connectivity index is 1.60. The van der Waals surface area contributed by atoms with E-state index in [-0.39, 0.29) is 24.4 Å². The molecule has 2 atom stereocenters. The maximum Gasteiger partial charge on any atom is 0.306 e. The molecule has 120 valence electrons. The molecule has 0 unspecified atom stereocenters. The summed E-state index contributed by atoms with van der Waals surface area (Å²) in [7, 11) is 0. The first kappa shape index (κ1) is 15.3. The zero-order valence-electron chi connectivity index (χ0n) is 12.6. The number of carboxylic acid groups (broad SMARTS) is 1. The fourth-order valence-electron chi connectivity index (χ4n) is 3.26. The Kier molecular flexibility index (Phi) is 3.90. The highest BCUT2D eigenvalue weighted by molar-refractivity contribution is 6.10. The first-order valence-corrected chi connectivity index (χ1v) is 7.59. The van der Waals surface area contributed by atoms with E-state index in [9.17, 15) is 14.4 Å². The lowest BCUT2D eigenvalue weighted by atomic mass is 10.1. The molecule has 6 nitrogen and oxygen atoms in total. The Hall–Kier alpha value is -2.63. The second kappa shape index (κ2) is 5.87. The van der Waals surface area contributed by atoms with Crippen LogP contribution in [-0.2, 0) is 9.59 Å². The van der Waals surface area contributed by atoms with Crippen molar-refractivity contribution in [3.8, 4) is 0 Å². The molecule has 1 saturated carbocycles. The van der Waals surface area contributed by atoms with Gasteiger partial charge in [0.25, 0.3) is 5.91 Å². The zero-order chi connectivity index (χ0) is 16.6. The van der Waals surface area contributed by atoms with Crippen LogP contribution in [0.1, 0.15) is 35.2 Å². The van der Waals surface area contributed by atoms with Crippen LogP contribution in [0.2, 0.25) is 0 Å². The lowest BCUT2D eigenvalue weighted by Crippen LogP contribution is -2.41. The van der Waals surface area contributed by atoms with E-state index in [1.807, 2.05) is 12.1 Å². The fraction of sp³-hybridized carbons (Fsp3) is 0.353. The van der Waals surface area contributed by atoms with Crippen LogP contribution in [-0.4, -0.2) is 40.4 Å². The van der Waals surface area contributed by atoms with Crippen molar-refractivity contribution in [3.63, 3.8) is 0 Å². The van der Waals surface area contributed by atoms with Gasteiger partial charge in [-0.3, -0.25) is 19.3 Å². The number of aliphatic carboxylic acids is 1. The first-order valence-electron chi connectivity index (χ1n) is 7.59. The average Bonchev–Trinajstić information content (AvgIpc) is 3.07. The Morgan fingerprint density at radius 1 is 1.26 bits per heavy atom. The molecule has 6 heteroatoms. The second-order valence-electron chi connectivity index (χ2n) is 6.00. The molecule has 0 bridgehead atoms. The summed E-state index contributed by atoms with van der Waals surface area (Å²) < 4.78 is 0. The van der Waals surface area contributed by atoms with Gasteiger partial charge in [-0.05, 0) is 25.3 Å². The molecule has 2 amide bonds. The molecule has 23 heavy (non-hydrogen) atoms. The van der Waals surface area contributed by atoms with Gasteiger partial charge in [-0.1, -0.05) is 24.8 Å². The van der Waals surface area contributed by atoms with Crippen LogP contribution in [0.3, 0.4) is 0 Å². The quantitative estimate of drug-likeness (QED) is 0.881. The smallest absolute Gasteiger partial charge is 0.306 e. The predicted molar refractivity (Wildman–Crippen MR) is 83.4 cm³/mol. The number of nitrogens with one attached hydrogen (secondary N) is 1. The van der Waals surface area contributed by atoms with Crippen molar-refractivity contribution in [1.29, 1.82) is 0 Å². The van der Waals surface area contributed by atoms with Crippen LogP contribution in [0.5, 0.6) is 0 Å². The number of nitrogens with zero attached hydrogens (tertiary/aromatic N) is 1. The zero-order valence-corrected chi connectivity index (χ0v) is 12.6. The maximum atomic E-state index is 12.3. The van der Waals surface area contributed by atoms with E-state index in [1.54, 1.807) is 12.1 Å². The molecule has 0 saturated heterocycles. The molecule has 1 heterocycles. The minimum absolute atomic E-state index is 0.0966. The van der Waals surface area contributed by atoms with E-state index < -0.39 is 11.9 Å². The van der Waals surface area contributed by atoms with Gasteiger partial charge in [0.2, 0.25) is 5.91 Å². The Morgan fingerprint density at radius 3 is 2.57 bits per heavy atom. The van der Waals surface area contributed by atoms with Gasteiger partial charge in [-0.15, -0.1) is 0 Å². The molecule has 0 radical (unpaired) electrons. The van der Waals surface area contributed by atoms with Crippen molar-refractivity contribution in [3.05, 3.63) is 42.0 Å². The van der Waals surface area contributed by atoms with Crippen LogP contribution in [0, 0.1) is 5.92 Å². The molecule has 2 N–H and O–H groups in total. The summed E-state index contributed by atoms with van der Waals surface area (Å²) in [6, 6.07) is 6.98. The van der Waals surface area contributed by atoms with E-state index >= 15 is 0 Å². The van der Waals surface area contributed by atoms with Crippen molar-refractivity contribution in [2.24, 2.45) is 5.92 Å². The monoisotopic (exact) mass is 314 g/mol. The van der Waals surface area contributed by atoms with Crippen molar-refractivity contribution < 1.29 is 19.5 Å². The summed E-state index contributed by atoms with van der Waals surface area (Å²) in [4.78, 5) is 36.8. The number of carbonyl (C=O) groups excluding carboxylic acids is 2. The molecule has 2 aliphatic rings. The largest absolute Gasteiger partial charge is 0.481 e. The van der Waals surface area contributed by atoms with Gasteiger partial charge >= 0.3 is 5.97 Å². The molecule has 3 rings (SSSR count). The first-order chi connectivity index (χ1) is 11.0. The average molecular weight is 314 g/mol. The Morgan fingerprint density at radius 2 is 1.96 bits per heavy atom. The number of hydrogen-bond donors (Lipinski definition) is 2. The van der Waals surface area contributed by atoms with E-state index in [0.29, 0.717) is 30.5 Å². The minimum Gasteiger partial charge on any atom is -0.481 e. The van der Waals surface area contributed by atoms with Crippen LogP contribution < -0.4 is 5.32 Å². The van der Waals surface area contributed by atoms with Crippen molar-refractivity contribution in [2.45, 2.75) is 25.3 Å². The van der Waals surface area contributed by atoms with Crippen LogP contribution in [0.15, 0.2) is 30.8 Å². The third-order valence-electron chi connectivity index (χ3n) is 4.49. The van der Waals surface area contributed by atoms with Crippen molar-refractivity contribution in [1.82, 2.24) is 10.2 Å². The molecule has 1 aliphatic heterocycles. The topological polar surface area (TPSA) is 86.7 Å². The summed E-state index contributed by atoms with van der Waals surface area (Å²) in [5.41, 5.74) is 1.82. The predicted octanol–water partition coefficient (Wildman–Crippen LogP) is 1.48. The van der Waals surface area contributed by atoms with Crippen LogP contribution in [0.25, 0.3) is 5.70 Å². The van der Waals surface area contributed by atoms with Gasteiger partial charge in [0, 0.05) is 22.9 Å². The number of amides is 2. The number of fused-ring (bicyclic) bond motifs is 1. The third kappa shape index (κ3) is 2.84. The van der Waals surface area contributed by atoms with Crippen molar-refractivity contribution >= 4 is 23.5 Å². The van der Waals surface area contributed by atoms with Gasteiger partial charge in [-0.2, -0.15) is 0 Å². The lowest BCUT2D eigenvalue weighted by Gasteiger charge is -2.19. The second-order valence-corrected chi connectivity index (χ2v) is 6.00. The van der Waals surface area contributed by atoms with Gasteiger partial charge in [0.15, 0.2) is 0 Å². The lowest BCUT2D eigenvalue weighted by molar-refractivity contribution is -0.141. The maximum absolute atomic E-state index is 12.3. The van der Waals surface area contributed by atoms with Gasteiger partial charge in [0.05, 0.1) is 5.92 Å². The molecule has 1 aromatic rings. The number of benzene rings is 1. The van der Waals surface area contributed by atoms with E-state index in [2.05, 4.69) is 11.9 Å². The third-order valence-corrected chi connectivity index (χ3v) is 4.49. The van der Waals surface area contributed by atoms with E-state index in [0.717, 1.165) is 5.56 Å². The molecular formula is C17H18N2O4. The van der Waals surface area contributed by atoms with Gasteiger partial charge in [-0.25, -0.2) is 0 Å². The molecule has 0 spiro atoms. The molecule has 1 fully saturated rings.